The topological polar surface area (TPSA) is 121 Å². The van der Waals surface area contributed by atoms with Gasteiger partial charge in [-0.3, -0.25) is 4.79 Å². The number of nitrogens with two attached hydrogens (primary N) is 1. The summed E-state index contributed by atoms with van der Waals surface area (Å²) in [5.41, 5.74) is 5.30. The summed E-state index contributed by atoms with van der Waals surface area (Å²) in [6, 6.07) is 2.77. The quantitative estimate of drug-likeness (QED) is 0.776. The third-order valence-electron chi connectivity index (χ3n) is 2.10. The average molecular weight is 263 g/mol. The molecule has 0 atom stereocenters. The molecule has 0 saturated heterocycles. The van der Waals surface area contributed by atoms with Crippen LogP contribution in [-0.4, -0.2) is 31.3 Å². The molecule has 0 aliphatic rings. The molecule has 9 heteroatoms. The highest BCUT2D eigenvalue weighted by Gasteiger charge is 2.07. The van der Waals surface area contributed by atoms with Gasteiger partial charge in [-0.1, -0.05) is 0 Å². The van der Waals surface area contributed by atoms with Crippen LogP contribution in [0.15, 0.2) is 16.9 Å². The number of aryl methyl sites for hydroxylation is 1. The molecule has 0 fully saturated rings. The van der Waals surface area contributed by atoms with Gasteiger partial charge < -0.3 is 15.8 Å². The fourth-order valence-electron chi connectivity index (χ4n) is 1.28. The molecular formula is C10H13N7O2. The summed E-state index contributed by atoms with van der Waals surface area (Å²) in [5, 5.41) is 6.79. The summed E-state index contributed by atoms with van der Waals surface area (Å²) >= 11 is 0. The van der Waals surface area contributed by atoms with Crippen molar-refractivity contribution in [3.63, 3.8) is 0 Å². The monoisotopic (exact) mass is 263 g/mol. The van der Waals surface area contributed by atoms with Crippen molar-refractivity contribution < 1.29 is 4.74 Å². The second kappa shape index (κ2) is 5.29. The largest absolute Gasteiger partial charge is 0.403 e. The SMILES string of the molecule is CCNc1nc(N)nc(Oc2ccc(=O)n(C)n2)n1. The maximum absolute atomic E-state index is 11.2. The van der Waals surface area contributed by atoms with Crippen LogP contribution in [-0.2, 0) is 7.05 Å². The van der Waals surface area contributed by atoms with E-state index in [0.717, 1.165) is 4.68 Å². The first kappa shape index (κ1) is 12.7. The second-order valence-electron chi connectivity index (χ2n) is 3.57. The number of nitrogens with one attached hydrogen (secondary N) is 1. The predicted molar refractivity (Wildman–Crippen MR) is 68.0 cm³/mol. The van der Waals surface area contributed by atoms with Gasteiger partial charge >= 0.3 is 6.01 Å². The molecule has 2 aromatic heterocycles. The van der Waals surface area contributed by atoms with Crippen molar-refractivity contribution in [2.24, 2.45) is 7.05 Å². The van der Waals surface area contributed by atoms with Crippen LogP contribution in [0.2, 0.25) is 0 Å². The van der Waals surface area contributed by atoms with Crippen molar-refractivity contribution in [1.82, 2.24) is 24.7 Å². The average Bonchev–Trinajstić information content (AvgIpc) is 2.33. The molecule has 0 bridgehead atoms. The van der Waals surface area contributed by atoms with Crippen molar-refractivity contribution in [3.05, 3.63) is 22.5 Å². The molecular weight excluding hydrogens is 250 g/mol. The molecule has 0 aliphatic carbocycles. The zero-order valence-electron chi connectivity index (χ0n) is 10.5. The minimum absolute atomic E-state index is 0.00889. The molecule has 19 heavy (non-hydrogen) atoms. The van der Waals surface area contributed by atoms with Crippen LogP contribution >= 0.6 is 0 Å². The molecule has 9 nitrogen and oxygen atoms in total. The first-order valence-corrected chi connectivity index (χ1v) is 5.56. The summed E-state index contributed by atoms with van der Waals surface area (Å²) in [6.45, 7) is 2.54. The van der Waals surface area contributed by atoms with E-state index in [1.807, 2.05) is 6.92 Å². The highest BCUT2D eigenvalue weighted by molar-refractivity contribution is 5.33. The fourth-order valence-corrected chi connectivity index (χ4v) is 1.28. The molecule has 2 rings (SSSR count). The van der Waals surface area contributed by atoms with Crippen LogP contribution in [0.3, 0.4) is 0 Å². The highest BCUT2D eigenvalue weighted by Crippen LogP contribution is 2.15. The van der Waals surface area contributed by atoms with E-state index in [1.165, 1.54) is 19.2 Å². The van der Waals surface area contributed by atoms with Gasteiger partial charge in [-0.25, -0.2) is 4.68 Å². The van der Waals surface area contributed by atoms with E-state index in [2.05, 4.69) is 25.4 Å². The summed E-state index contributed by atoms with van der Waals surface area (Å²) in [4.78, 5) is 22.9. The standard InChI is InChI=1S/C10H13N7O2/c1-3-12-9-13-8(11)14-10(15-9)19-6-4-5-7(18)17(2)16-6/h4-5H,3H2,1-2H3,(H3,11,12,13,14,15). The molecule has 0 aromatic carbocycles. The molecule has 100 valence electrons. The van der Waals surface area contributed by atoms with Gasteiger partial charge in [0.2, 0.25) is 17.8 Å². The Bertz CT molecular complexity index is 640. The molecule has 0 amide bonds. The summed E-state index contributed by atoms with van der Waals surface area (Å²) < 4.78 is 6.47. The number of hydrogen-bond acceptors (Lipinski definition) is 8. The number of aromatic nitrogens is 5. The van der Waals surface area contributed by atoms with Gasteiger partial charge in [-0.2, -0.15) is 15.0 Å². The molecule has 2 heterocycles. The molecule has 0 radical (unpaired) electrons. The lowest BCUT2D eigenvalue weighted by Crippen LogP contribution is -2.18. The van der Waals surface area contributed by atoms with Gasteiger partial charge in [0, 0.05) is 25.7 Å². The van der Waals surface area contributed by atoms with Crippen molar-refractivity contribution in [1.29, 1.82) is 0 Å². The van der Waals surface area contributed by atoms with Crippen molar-refractivity contribution >= 4 is 11.9 Å². The maximum atomic E-state index is 11.2. The van der Waals surface area contributed by atoms with Crippen LogP contribution in [0.1, 0.15) is 6.92 Å². The molecule has 0 aliphatic heterocycles. The van der Waals surface area contributed by atoms with Gasteiger partial charge in [-0.15, -0.1) is 5.10 Å². The van der Waals surface area contributed by atoms with Crippen molar-refractivity contribution in [3.8, 4) is 11.9 Å². The van der Waals surface area contributed by atoms with E-state index in [9.17, 15) is 4.79 Å². The van der Waals surface area contributed by atoms with Gasteiger partial charge in [0.15, 0.2) is 0 Å². The molecule has 0 saturated carbocycles. The lowest BCUT2D eigenvalue weighted by molar-refractivity contribution is 0.407. The number of ether oxygens (including phenoxy) is 1. The first-order valence-electron chi connectivity index (χ1n) is 5.56. The van der Waals surface area contributed by atoms with E-state index in [4.69, 9.17) is 10.5 Å². The van der Waals surface area contributed by atoms with Crippen LogP contribution in [0.4, 0.5) is 11.9 Å². The lowest BCUT2D eigenvalue weighted by atomic mass is 10.5. The number of rotatable bonds is 4. The van der Waals surface area contributed by atoms with E-state index in [0.29, 0.717) is 12.5 Å². The number of anilines is 2. The zero-order valence-corrected chi connectivity index (χ0v) is 10.5. The van der Waals surface area contributed by atoms with E-state index >= 15 is 0 Å². The number of hydrogen-bond donors (Lipinski definition) is 2. The smallest absolute Gasteiger partial charge is 0.330 e. The van der Waals surface area contributed by atoms with Gasteiger partial charge in [0.05, 0.1) is 0 Å². The van der Waals surface area contributed by atoms with Crippen molar-refractivity contribution in [2.75, 3.05) is 17.6 Å². The van der Waals surface area contributed by atoms with Gasteiger partial charge in [-0.05, 0) is 6.92 Å². The lowest BCUT2D eigenvalue weighted by Gasteiger charge is -2.06. The Balaban J connectivity index is 2.27. The Hall–Kier alpha value is -2.71. The van der Waals surface area contributed by atoms with E-state index < -0.39 is 0 Å². The van der Waals surface area contributed by atoms with E-state index in [-0.39, 0.29) is 23.4 Å². The Morgan fingerprint density at radius 2 is 2.16 bits per heavy atom. The Labute approximate surface area is 108 Å². The second-order valence-corrected chi connectivity index (χ2v) is 3.57. The third kappa shape index (κ3) is 3.15. The number of nitrogens with zero attached hydrogens (tertiary/aromatic N) is 5. The summed E-state index contributed by atoms with van der Waals surface area (Å²) in [5.74, 6) is 0.538. The van der Waals surface area contributed by atoms with Crippen LogP contribution < -0.4 is 21.3 Å². The molecule has 3 N–H and O–H groups in total. The van der Waals surface area contributed by atoms with E-state index in [1.54, 1.807) is 0 Å². The normalized spacial score (nSPS) is 10.2. The predicted octanol–water partition coefficient (Wildman–Crippen LogP) is -0.228. The minimum Gasteiger partial charge on any atom is -0.403 e. The summed E-state index contributed by atoms with van der Waals surface area (Å²) in [7, 11) is 1.51. The fraction of sp³-hybridized carbons (Fsp3) is 0.300. The molecule has 0 unspecified atom stereocenters. The van der Waals surface area contributed by atoms with Crippen LogP contribution in [0.25, 0.3) is 0 Å². The molecule has 0 spiro atoms. The van der Waals surface area contributed by atoms with Gasteiger partial charge in [0.1, 0.15) is 0 Å². The van der Waals surface area contributed by atoms with Crippen molar-refractivity contribution in [2.45, 2.75) is 6.92 Å². The Morgan fingerprint density at radius 1 is 1.37 bits per heavy atom. The highest BCUT2D eigenvalue weighted by atomic mass is 16.5. The number of nitrogen functional groups attached to an aromatic ring is 1. The first-order chi connectivity index (χ1) is 9.08. The van der Waals surface area contributed by atoms with Crippen LogP contribution in [0, 0.1) is 0 Å². The van der Waals surface area contributed by atoms with Gasteiger partial charge in [0.25, 0.3) is 5.56 Å². The maximum Gasteiger partial charge on any atom is 0.330 e. The van der Waals surface area contributed by atoms with Crippen LogP contribution in [0.5, 0.6) is 11.9 Å². The molecule has 2 aromatic rings. The summed E-state index contributed by atoms with van der Waals surface area (Å²) in [6.07, 6.45) is 0. The third-order valence-corrected chi connectivity index (χ3v) is 2.10. The Morgan fingerprint density at radius 3 is 2.84 bits per heavy atom. The Kier molecular flexibility index (Phi) is 3.55. The zero-order chi connectivity index (χ0) is 13.8. The minimum atomic E-state index is -0.240.